The van der Waals surface area contributed by atoms with Gasteiger partial charge >= 0.3 is 6.03 Å². The summed E-state index contributed by atoms with van der Waals surface area (Å²) in [5.74, 6) is 5.30. The van der Waals surface area contributed by atoms with Gasteiger partial charge in [0.15, 0.2) is 0 Å². The number of primary amides is 1. The normalized spacial score (nSPS) is 8.42. The lowest BCUT2D eigenvalue weighted by Crippen LogP contribution is -2.41. The molecule has 12 heavy (non-hydrogen) atoms. The Labute approximate surface area is 76.5 Å². The van der Waals surface area contributed by atoms with E-state index in [1.54, 1.807) is 24.3 Å². The Morgan fingerprint density at radius 2 is 1.75 bits per heavy atom. The topological polar surface area (TPSA) is 72.4 Å². The van der Waals surface area contributed by atoms with Crippen LogP contribution in [0.5, 0.6) is 0 Å². The summed E-state index contributed by atoms with van der Waals surface area (Å²) in [7, 11) is 0. The lowest BCUT2D eigenvalue weighted by molar-refractivity contribution is 0.254. The van der Waals surface area contributed by atoms with Gasteiger partial charge < -0.3 is 5.73 Å². The van der Waals surface area contributed by atoms with Crippen LogP contribution in [0.4, 0.5) is 10.5 Å². The van der Waals surface area contributed by atoms with Crippen LogP contribution in [0, 0.1) is 0 Å². The number of hydrogen-bond donors (Lipinski definition) is 2. The number of nitrogens with zero attached hydrogens (tertiary/aromatic N) is 1. The average Bonchev–Trinajstić information content (AvgIpc) is 2.05. The van der Waals surface area contributed by atoms with Crippen molar-refractivity contribution >= 4 is 24.1 Å². The maximum atomic E-state index is 10.5. The van der Waals surface area contributed by atoms with Crippen molar-refractivity contribution in [1.29, 1.82) is 0 Å². The van der Waals surface area contributed by atoms with Crippen molar-refractivity contribution in [3.8, 4) is 0 Å². The van der Waals surface area contributed by atoms with Crippen molar-refractivity contribution in [2.45, 2.75) is 0 Å². The van der Waals surface area contributed by atoms with Crippen LogP contribution in [0.2, 0.25) is 0 Å². The van der Waals surface area contributed by atoms with Crippen LogP contribution in [0.15, 0.2) is 30.3 Å². The van der Waals surface area contributed by atoms with Gasteiger partial charge in [-0.05, 0) is 12.1 Å². The molecule has 0 saturated heterocycles. The largest absolute Gasteiger partial charge is 0.350 e. The number of hydrazine groups is 1. The van der Waals surface area contributed by atoms with E-state index in [9.17, 15) is 4.79 Å². The average molecular weight is 188 g/mol. The van der Waals surface area contributed by atoms with Crippen molar-refractivity contribution in [2.75, 3.05) is 5.01 Å². The zero-order valence-corrected chi connectivity index (χ0v) is 7.12. The predicted octanol–water partition coefficient (Wildman–Crippen LogP) is 0.867. The standard InChI is InChI=1S/C7H9N3O.ClH/c8-7(11)10(9)6-4-2-1-3-5-6;/h1-5H,9H2,(H2,8,11);1H. The molecule has 0 fully saturated rings. The molecule has 4 nitrogen and oxygen atoms in total. The van der Waals surface area contributed by atoms with Gasteiger partial charge in [0.05, 0.1) is 5.69 Å². The summed E-state index contributed by atoms with van der Waals surface area (Å²) < 4.78 is 0. The molecule has 0 bridgehead atoms. The van der Waals surface area contributed by atoms with Crippen molar-refractivity contribution in [2.24, 2.45) is 11.6 Å². The van der Waals surface area contributed by atoms with E-state index in [1.807, 2.05) is 6.07 Å². The van der Waals surface area contributed by atoms with Gasteiger partial charge in [-0.3, -0.25) is 0 Å². The molecule has 66 valence electrons. The molecule has 0 atom stereocenters. The zero-order chi connectivity index (χ0) is 8.27. The van der Waals surface area contributed by atoms with Crippen molar-refractivity contribution in [3.05, 3.63) is 30.3 Å². The number of benzene rings is 1. The first-order valence-corrected chi connectivity index (χ1v) is 3.11. The molecule has 0 aliphatic carbocycles. The summed E-state index contributed by atoms with van der Waals surface area (Å²) in [6.07, 6.45) is 0. The maximum absolute atomic E-state index is 10.5. The lowest BCUT2D eigenvalue weighted by atomic mass is 10.3. The van der Waals surface area contributed by atoms with E-state index in [2.05, 4.69) is 0 Å². The minimum Gasteiger partial charge on any atom is -0.350 e. The zero-order valence-electron chi connectivity index (χ0n) is 6.31. The fourth-order valence-corrected chi connectivity index (χ4v) is 0.716. The monoisotopic (exact) mass is 187 g/mol. The Morgan fingerprint density at radius 1 is 1.25 bits per heavy atom. The summed E-state index contributed by atoms with van der Waals surface area (Å²) in [6.45, 7) is 0. The molecule has 0 aromatic heterocycles. The summed E-state index contributed by atoms with van der Waals surface area (Å²) in [6, 6.07) is 8.11. The van der Waals surface area contributed by atoms with E-state index < -0.39 is 6.03 Å². The highest BCUT2D eigenvalue weighted by atomic mass is 35.5. The second-order valence-corrected chi connectivity index (χ2v) is 2.04. The summed E-state index contributed by atoms with van der Waals surface area (Å²) >= 11 is 0. The number of hydrogen-bond acceptors (Lipinski definition) is 2. The van der Waals surface area contributed by atoms with Crippen LogP contribution >= 0.6 is 12.4 Å². The Bertz CT molecular complexity index is 252. The fraction of sp³-hybridized carbons (Fsp3) is 0. The summed E-state index contributed by atoms with van der Waals surface area (Å²) in [5.41, 5.74) is 5.51. The molecule has 1 aromatic rings. The van der Waals surface area contributed by atoms with Gasteiger partial charge in [0.1, 0.15) is 0 Å². The van der Waals surface area contributed by atoms with Crippen LogP contribution in [-0.4, -0.2) is 6.03 Å². The van der Waals surface area contributed by atoms with Crippen molar-refractivity contribution < 1.29 is 4.79 Å². The third-order valence-electron chi connectivity index (χ3n) is 1.27. The van der Waals surface area contributed by atoms with Gasteiger partial charge in [0.2, 0.25) is 0 Å². The van der Waals surface area contributed by atoms with E-state index in [-0.39, 0.29) is 12.4 Å². The molecule has 0 heterocycles. The smallest absolute Gasteiger partial charge is 0.333 e. The van der Waals surface area contributed by atoms with E-state index in [0.717, 1.165) is 5.01 Å². The first-order valence-electron chi connectivity index (χ1n) is 3.11. The molecular formula is C7H10ClN3O. The number of amides is 2. The highest BCUT2D eigenvalue weighted by Gasteiger charge is 2.04. The third-order valence-corrected chi connectivity index (χ3v) is 1.27. The Hall–Kier alpha value is -1.26. The molecule has 1 rings (SSSR count). The number of nitrogens with two attached hydrogens (primary N) is 2. The van der Waals surface area contributed by atoms with Gasteiger partial charge in [-0.15, -0.1) is 12.4 Å². The molecule has 1 aromatic carbocycles. The van der Waals surface area contributed by atoms with Gasteiger partial charge in [0, 0.05) is 0 Å². The predicted molar refractivity (Wildman–Crippen MR) is 49.9 cm³/mol. The molecule has 0 saturated carbocycles. The van der Waals surface area contributed by atoms with Crippen LogP contribution in [0.25, 0.3) is 0 Å². The van der Waals surface area contributed by atoms with E-state index in [0.29, 0.717) is 5.69 Å². The quantitative estimate of drug-likeness (QED) is 0.389. The Kier molecular flexibility index (Phi) is 4.10. The van der Waals surface area contributed by atoms with Crippen LogP contribution in [0.3, 0.4) is 0 Å². The second-order valence-electron chi connectivity index (χ2n) is 2.04. The summed E-state index contributed by atoms with van der Waals surface area (Å²) in [4.78, 5) is 10.5. The molecule has 0 unspecified atom stereocenters. The van der Waals surface area contributed by atoms with Crippen molar-refractivity contribution in [3.63, 3.8) is 0 Å². The molecule has 0 aliphatic rings. The maximum Gasteiger partial charge on any atom is 0.333 e. The molecular weight excluding hydrogens is 178 g/mol. The molecule has 0 radical (unpaired) electrons. The number of urea groups is 1. The first kappa shape index (κ1) is 10.7. The molecule has 0 spiro atoms. The number of anilines is 1. The van der Waals surface area contributed by atoms with Gasteiger partial charge in [-0.1, -0.05) is 18.2 Å². The Morgan fingerprint density at radius 3 is 2.17 bits per heavy atom. The number of carbonyl (C=O) groups excluding carboxylic acids is 1. The summed E-state index contributed by atoms with van der Waals surface area (Å²) in [5, 5.41) is 0.889. The molecule has 0 aliphatic heterocycles. The third kappa shape index (κ3) is 2.41. The van der Waals surface area contributed by atoms with Gasteiger partial charge in [0.25, 0.3) is 0 Å². The Balaban J connectivity index is 0.00000121. The van der Waals surface area contributed by atoms with Gasteiger partial charge in [-0.2, -0.15) is 0 Å². The molecule has 5 heteroatoms. The highest BCUT2D eigenvalue weighted by molar-refractivity contribution is 5.89. The van der Waals surface area contributed by atoms with E-state index >= 15 is 0 Å². The van der Waals surface area contributed by atoms with Crippen LogP contribution < -0.4 is 16.6 Å². The van der Waals surface area contributed by atoms with Crippen molar-refractivity contribution in [1.82, 2.24) is 0 Å². The first-order chi connectivity index (χ1) is 5.22. The minimum atomic E-state index is -0.670. The fourth-order valence-electron chi connectivity index (χ4n) is 0.716. The van der Waals surface area contributed by atoms with E-state index in [1.165, 1.54) is 0 Å². The van der Waals surface area contributed by atoms with Crippen LogP contribution in [0.1, 0.15) is 0 Å². The number of carbonyl (C=O) groups is 1. The van der Waals surface area contributed by atoms with E-state index in [4.69, 9.17) is 11.6 Å². The number of rotatable bonds is 1. The SMILES string of the molecule is Cl.NC(=O)N(N)c1ccccc1. The highest BCUT2D eigenvalue weighted by Crippen LogP contribution is 2.07. The second kappa shape index (κ2) is 4.58. The number of halogens is 1. The molecule has 4 N–H and O–H groups in total. The van der Waals surface area contributed by atoms with Gasteiger partial charge in [-0.25, -0.2) is 15.6 Å². The lowest BCUT2D eigenvalue weighted by Gasteiger charge is -2.12. The molecule has 2 amide bonds. The van der Waals surface area contributed by atoms with Crippen LogP contribution in [-0.2, 0) is 0 Å². The minimum absolute atomic E-state index is 0. The number of para-hydroxylation sites is 1.